The van der Waals surface area contributed by atoms with Crippen molar-refractivity contribution in [2.24, 2.45) is 5.92 Å². The fourth-order valence-electron chi connectivity index (χ4n) is 3.35. The molecule has 1 atom stereocenters. The van der Waals surface area contributed by atoms with Crippen LogP contribution in [0.25, 0.3) is 0 Å². The molecule has 2 rings (SSSR count). The molecule has 0 bridgehead atoms. The quantitative estimate of drug-likeness (QED) is 0.782. The van der Waals surface area contributed by atoms with E-state index in [2.05, 4.69) is 17.6 Å². The average Bonchev–Trinajstić information content (AvgIpc) is 2.47. The van der Waals surface area contributed by atoms with E-state index in [1.165, 1.54) is 50.7 Å². The molecule has 1 aliphatic carbocycles. The van der Waals surface area contributed by atoms with Gasteiger partial charge in [-0.25, -0.2) is 0 Å². The molecule has 0 radical (unpaired) electrons. The maximum Gasteiger partial charge on any atom is 0.221 e. The molecule has 3 nitrogen and oxygen atoms in total. The van der Waals surface area contributed by atoms with Crippen LogP contribution in [0.3, 0.4) is 0 Å². The van der Waals surface area contributed by atoms with Gasteiger partial charge in [-0.1, -0.05) is 26.2 Å². The van der Waals surface area contributed by atoms with Crippen molar-refractivity contribution in [1.29, 1.82) is 0 Å². The Labute approximate surface area is 140 Å². The zero-order valence-corrected chi connectivity index (χ0v) is 14.9. The van der Waals surface area contributed by atoms with Gasteiger partial charge in [-0.3, -0.25) is 4.79 Å². The highest BCUT2D eigenvalue weighted by molar-refractivity contribution is 7.99. The summed E-state index contributed by atoms with van der Waals surface area (Å²) >= 11 is 1.96. The maximum absolute atomic E-state index is 12.1. The van der Waals surface area contributed by atoms with Gasteiger partial charge in [-0.2, -0.15) is 11.8 Å². The van der Waals surface area contributed by atoms with Gasteiger partial charge in [0.2, 0.25) is 5.91 Å². The maximum atomic E-state index is 12.1. The summed E-state index contributed by atoms with van der Waals surface area (Å²) in [5, 5.41) is 6.69. The number of amides is 1. The van der Waals surface area contributed by atoms with Gasteiger partial charge in [0.15, 0.2) is 0 Å². The standard InChI is InChI=1S/C16H30N2OS.ClH/c1-2-3-4-13-5-7-14(8-6-13)18-16(19)11-15-12-20-10-9-17-15;/h13-15,17H,2-12H2,1H3,(H,18,19);1H. The highest BCUT2D eigenvalue weighted by Gasteiger charge is 2.23. The Morgan fingerprint density at radius 1 is 1.29 bits per heavy atom. The van der Waals surface area contributed by atoms with E-state index >= 15 is 0 Å². The van der Waals surface area contributed by atoms with Crippen LogP contribution in [0.2, 0.25) is 0 Å². The minimum Gasteiger partial charge on any atom is -0.353 e. The second-order valence-corrected chi connectivity index (χ2v) is 7.51. The van der Waals surface area contributed by atoms with Crippen LogP contribution in [0.4, 0.5) is 0 Å². The van der Waals surface area contributed by atoms with Gasteiger partial charge >= 0.3 is 0 Å². The number of hydrogen-bond acceptors (Lipinski definition) is 3. The lowest BCUT2D eigenvalue weighted by Crippen LogP contribution is -2.44. The minimum atomic E-state index is 0. The Kier molecular flexibility index (Phi) is 9.78. The summed E-state index contributed by atoms with van der Waals surface area (Å²) < 4.78 is 0. The van der Waals surface area contributed by atoms with Crippen molar-refractivity contribution in [2.45, 2.75) is 70.4 Å². The van der Waals surface area contributed by atoms with E-state index in [1.54, 1.807) is 0 Å². The van der Waals surface area contributed by atoms with Crippen LogP contribution in [0.15, 0.2) is 0 Å². The van der Waals surface area contributed by atoms with Crippen LogP contribution in [0.5, 0.6) is 0 Å². The summed E-state index contributed by atoms with van der Waals surface area (Å²) in [7, 11) is 0. The lowest BCUT2D eigenvalue weighted by Gasteiger charge is -2.30. The monoisotopic (exact) mass is 334 g/mol. The van der Waals surface area contributed by atoms with E-state index in [-0.39, 0.29) is 18.3 Å². The molecule has 1 saturated carbocycles. The molecule has 21 heavy (non-hydrogen) atoms. The second kappa shape index (κ2) is 10.7. The number of rotatable bonds is 6. The van der Waals surface area contributed by atoms with Crippen molar-refractivity contribution in [3.63, 3.8) is 0 Å². The van der Waals surface area contributed by atoms with Gasteiger partial charge in [0.1, 0.15) is 0 Å². The smallest absolute Gasteiger partial charge is 0.221 e. The van der Waals surface area contributed by atoms with Crippen molar-refractivity contribution >= 4 is 30.1 Å². The van der Waals surface area contributed by atoms with Crippen LogP contribution in [-0.4, -0.2) is 36.0 Å². The lowest BCUT2D eigenvalue weighted by molar-refractivity contribution is -0.122. The first-order chi connectivity index (χ1) is 9.78. The molecule has 1 heterocycles. The van der Waals surface area contributed by atoms with Gasteiger partial charge in [-0.05, 0) is 31.6 Å². The molecular formula is C16H31ClN2OS. The molecule has 0 aromatic heterocycles. The Morgan fingerprint density at radius 3 is 2.67 bits per heavy atom. The molecule has 2 fully saturated rings. The summed E-state index contributed by atoms with van der Waals surface area (Å²) in [6.07, 6.45) is 9.71. The second-order valence-electron chi connectivity index (χ2n) is 6.36. The Hall–Kier alpha value is 0.0700. The van der Waals surface area contributed by atoms with Crippen molar-refractivity contribution < 1.29 is 4.79 Å². The predicted molar refractivity (Wildman–Crippen MR) is 94.4 cm³/mol. The minimum absolute atomic E-state index is 0. The molecule has 1 aliphatic heterocycles. The third-order valence-electron chi connectivity index (χ3n) is 4.61. The topological polar surface area (TPSA) is 41.1 Å². The normalized spacial score (nSPS) is 29.5. The summed E-state index contributed by atoms with van der Waals surface area (Å²) in [4.78, 5) is 12.1. The molecule has 0 spiro atoms. The molecule has 5 heteroatoms. The van der Waals surface area contributed by atoms with E-state index in [4.69, 9.17) is 0 Å². The fraction of sp³-hybridized carbons (Fsp3) is 0.938. The molecule has 2 N–H and O–H groups in total. The van der Waals surface area contributed by atoms with Crippen LogP contribution in [0, 0.1) is 5.92 Å². The van der Waals surface area contributed by atoms with Crippen LogP contribution in [0.1, 0.15) is 58.3 Å². The highest BCUT2D eigenvalue weighted by Crippen LogP contribution is 2.28. The van der Waals surface area contributed by atoms with Crippen molar-refractivity contribution in [1.82, 2.24) is 10.6 Å². The molecule has 1 saturated heterocycles. The molecular weight excluding hydrogens is 304 g/mol. The first-order valence-corrected chi connectivity index (χ1v) is 9.54. The van der Waals surface area contributed by atoms with Gasteiger partial charge in [0.25, 0.3) is 0 Å². The molecule has 124 valence electrons. The fourth-order valence-corrected chi connectivity index (χ4v) is 4.30. The van der Waals surface area contributed by atoms with Gasteiger partial charge < -0.3 is 10.6 Å². The van der Waals surface area contributed by atoms with Crippen molar-refractivity contribution in [3.05, 3.63) is 0 Å². The number of unbranched alkanes of at least 4 members (excludes halogenated alkanes) is 1. The van der Waals surface area contributed by atoms with E-state index in [0.717, 1.165) is 18.2 Å². The Bertz CT molecular complexity index is 290. The highest BCUT2D eigenvalue weighted by atomic mass is 35.5. The number of hydrogen-bond donors (Lipinski definition) is 2. The van der Waals surface area contributed by atoms with Crippen LogP contribution < -0.4 is 10.6 Å². The number of carbonyl (C=O) groups is 1. The van der Waals surface area contributed by atoms with Crippen LogP contribution in [-0.2, 0) is 4.79 Å². The summed E-state index contributed by atoms with van der Waals surface area (Å²) in [5.41, 5.74) is 0. The van der Waals surface area contributed by atoms with Gasteiger partial charge in [-0.15, -0.1) is 12.4 Å². The zero-order valence-electron chi connectivity index (χ0n) is 13.2. The van der Waals surface area contributed by atoms with E-state index in [9.17, 15) is 4.79 Å². The summed E-state index contributed by atoms with van der Waals surface area (Å²) in [5.74, 6) is 3.43. The third-order valence-corrected chi connectivity index (χ3v) is 5.74. The number of thioether (sulfide) groups is 1. The number of nitrogens with one attached hydrogen (secondary N) is 2. The first-order valence-electron chi connectivity index (χ1n) is 8.38. The zero-order chi connectivity index (χ0) is 14.2. The first kappa shape index (κ1) is 19.1. The Morgan fingerprint density at radius 2 is 2.05 bits per heavy atom. The van der Waals surface area contributed by atoms with E-state index < -0.39 is 0 Å². The summed E-state index contributed by atoms with van der Waals surface area (Å²) in [6.45, 7) is 3.31. The molecule has 2 aliphatic rings. The van der Waals surface area contributed by atoms with Crippen molar-refractivity contribution in [2.75, 3.05) is 18.1 Å². The number of halogens is 1. The average molecular weight is 335 g/mol. The van der Waals surface area contributed by atoms with E-state index in [0.29, 0.717) is 18.5 Å². The van der Waals surface area contributed by atoms with Crippen molar-refractivity contribution in [3.8, 4) is 0 Å². The van der Waals surface area contributed by atoms with Gasteiger partial charge in [0, 0.05) is 36.6 Å². The molecule has 0 aromatic carbocycles. The molecule has 0 aromatic rings. The lowest BCUT2D eigenvalue weighted by atomic mass is 9.83. The largest absolute Gasteiger partial charge is 0.353 e. The number of carbonyl (C=O) groups excluding carboxylic acids is 1. The van der Waals surface area contributed by atoms with E-state index in [1.807, 2.05) is 11.8 Å². The summed E-state index contributed by atoms with van der Waals surface area (Å²) in [6, 6.07) is 0.825. The molecule has 1 amide bonds. The Balaban J connectivity index is 0.00000220. The molecule has 1 unspecified atom stereocenters. The predicted octanol–water partition coefficient (Wildman–Crippen LogP) is 3.37. The van der Waals surface area contributed by atoms with Gasteiger partial charge in [0.05, 0.1) is 0 Å². The third kappa shape index (κ3) is 7.25. The van der Waals surface area contributed by atoms with Crippen LogP contribution >= 0.6 is 24.2 Å². The SMILES string of the molecule is CCCCC1CCC(NC(=O)CC2CSCCN2)CC1.Cl.